The van der Waals surface area contributed by atoms with Crippen molar-refractivity contribution in [3.05, 3.63) is 65.2 Å². The molecule has 3 N–H and O–H groups in total. The largest absolute Gasteiger partial charge is 0.496 e. The number of aliphatic hydroxyl groups excluding tert-OH is 1. The standard InChI is InChI=1S/C22H28N2O3/c1-16(24-27-14-20-5-3-4-6-21(20)26-2)17-7-9-18(10-8-17)19-11-12-22(23,13-19)15-25/h3-10,19,25H,11-15,23H2,1-2H3/t19-,22+/m0/s1. The van der Waals surface area contributed by atoms with Gasteiger partial charge in [-0.1, -0.05) is 47.6 Å². The highest BCUT2D eigenvalue weighted by molar-refractivity contribution is 5.98. The van der Waals surface area contributed by atoms with Crippen LogP contribution in [0.5, 0.6) is 5.75 Å². The van der Waals surface area contributed by atoms with Gasteiger partial charge in [-0.05, 0) is 49.3 Å². The van der Waals surface area contributed by atoms with Crippen LogP contribution in [0.4, 0.5) is 0 Å². The van der Waals surface area contributed by atoms with Crippen molar-refractivity contribution in [3.8, 4) is 5.75 Å². The topological polar surface area (TPSA) is 77.1 Å². The van der Waals surface area contributed by atoms with E-state index in [-0.39, 0.29) is 6.61 Å². The van der Waals surface area contributed by atoms with Gasteiger partial charge in [0.15, 0.2) is 0 Å². The van der Waals surface area contributed by atoms with Crippen LogP contribution < -0.4 is 10.5 Å². The van der Waals surface area contributed by atoms with E-state index in [4.69, 9.17) is 15.3 Å². The molecular formula is C22H28N2O3. The fraction of sp³-hybridized carbons (Fsp3) is 0.409. The first-order valence-corrected chi connectivity index (χ1v) is 9.33. The maximum absolute atomic E-state index is 9.44. The van der Waals surface area contributed by atoms with Crippen LogP contribution in [-0.2, 0) is 11.4 Å². The minimum atomic E-state index is -0.424. The fourth-order valence-corrected chi connectivity index (χ4v) is 3.65. The molecule has 0 radical (unpaired) electrons. The summed E-state index contributed by atoms with van der Waals surface area (Å²) in [6.45, 7) is 2.35. The summed E-state index contributed by atoms with van der Waals surface area (Å²) in [5, 5.41) is 13.7. The van der Waals surface area contributed by atoms with Crippen LogP contribution in [0.25, 0.3) is 0 Å². The van der Waals surface area contributed by atoms with Gasteiger partial charge in [-0.3, -0.25) is 0 Å². The van der Waals surface area contributed by atoms with Crippen molar-refractivity contribution in [1.82, 2.24) is 0 Å². The third-order valence-corrected chi connectivity index (χ3v) is 5.37. The number of para-hydroxylation sites is 1. The van der Waals surface area contributed by atoms with Crippen LogP contribution in [0, 0.1) is 0 Å². The Bertz CT molecular complexity index is 788. The van der Waals surface area contributed by atoms with Crippen molar-refractivity contribution in [2.75, 3.05) is 13.7 Å². The Morgan fingerprint density at radius 2 is 1.96 bits per heavy atom. The van der Waals surface area contributed by atoms with E-state index in [1.165, 1.54) is 5.56 Å². The molecule has 0 unspecified atom stereocenters. The van der Waals surface area contributed by atoms with E-state index >= 15 is 0 Å². The lowest BCUT2D eigenvalue weighted by atomic mass is 9.93. The number of benzene rings is 2. The molecule has 3 rings (SSSR count). The van der Waals surface area contributed by atoms with Gasteiger partial charge in [0.1, 0.15) is 12.4 Å². The van der Waals surface area contributed by atoms with Crippen LogP contribution in [-0.4, -0.2) is 30.1 Å². The van der Waals surface area contributed by atoms with E-state index in [0.29, 0.717) is 12.5 Å². The summed E-state index contributed by atoms with van der Waals surface area (Å²) in [7, 11) is 1.65. The number of nitrogens with two attached hydrogens (primary N) is 1. The molecule has 2 aromatic rings. The Kier molecular flexibility index (Phi) is 6.14. The van der Waals surface area contributed by atoms with Crippen molar-refractivity contribution in [2.24, 2.45) is 10.9 Å². The van der Waals surface area contributed by atoms with Gasteiger partial charge in [0.25, 0.3) is 0 Å². The summed E-state index contributed by atoms with van der Waals surface area (Å²) < 4.78 is 5.32. The van der Waals surface area contributed by atoms with E-state index < -0.39 is 5.54 Å². The maximum Gasteiger partial charge on any atom is 0.145 e. The van der Waals surface area contributed by atoms with E-state index in [9.17, 15) is 5.11 Å². The normalized spacial score (nSPS) is 22.7. The van der Waals surface area contributed by atoms with Crippen LogP contribution in [0.1, 0.15) is 48.8 Å². The molecule has 0 bridgehead atoms. The lowest BCUT2D eigenvalue weighted by molar-refractivity contribution is 0.128. The van der Waals surface area contributed by atoms with Gasteiger partial charge in [-0.2, -0.15) is 0 Å². The van der Waals surface area contributed by atoms with E-state index in [0.717, 1.165) is 41.9 Å². The predicted octanol–water partition coefficient (Wildman–Crippen LogP) is 3.59. The minimum absolute atomic E-state index is 0.0525. The van der Waals surface area contributed by atoms with E-state index in [2.05, 4.69) is 29.4 Å². The molecule has 27 heavy (non-hydrogen) atoms. The molecule has 2 atom stereocenters. The highest BCUT2D eigenvalue weighted by atomic mass is 16.6. The zero-order valence-electron chi connectivity index (χ0n) is 16.0. The van der Waals surface area contributed by atoms with Crippen molar-refractivity contribution >= 4 is 5.71 Å². The van der Waals surface area contributed by atoms with Crippen LogP contribution >= 0.6 is 0 Å². The Morgan fingerprint density at radius 3 is 2.63 bits per heavy atom. The van der Waals surface area contributed by atoms with Gasteiger partial charge in [-0.15, -0.1) is 0 Å². The molecule has 0 aliphatic heterocycles. The Labute approximate surface area is 160 Å². The Hall–Kier alpha value is -2.37. The molecule has 0 saturated heterocycles. The lowest BCUT2D eigenvalue weighted by Gasteiger charge is -2.20. The number of oxime groups is 1. The fourth-order valence-electron chi connectivity index (χ4n) is 3.65. The number of aliphatic hydroxyl groups is 1. The second-order valence-corrected chi connectivity index (χ2v) is 7.34. The highest BCUT2D eigenvalue weighted by Crippen LogP contribution is 2.39. The molecule has 5 heteroatoms. The van der Waals surface area contributed by atoms with E-state index in [1.54, 1.807) is 7.11 Å². The smallest absolute Gasteiger partial charge is 0.145 e. The first kappa shape index (κ1) is 19.4. The Balaban J connectivity index is 1.60. The molecule has 1 aliphatic carbocycles. The number of methoxy groups -OCH3 is 1. The average molecular weight is 368 g/mol. The summed E-state index contributed by atoms with van der Waals surface area (Å²) in [5.41, 5.74) is 9.85. The molecule has 2 aromatic carbocycles. The number of nitrogens with zero attached hydrogens (tertiary/aromatic N) is 1. The van der Waals surface area contributed by atoms with Crippen molar-refractivity contribution in [2.45, 2.75) is 44.2 Å². The van der Waals surface area contributed by atoms with Crippen molar-refractivity contribution < 1.29 is 14.7 Å². The SMILES string of the molecule is COc1ccccc1CON=C(C)c1ccc([C@H]2CC[C@](N)(CO)C2)cc1. The van der Waals surface area contributed by atoms with Crippen LogP contribution in [0.3, 0.4) is 0 Å². The maximum atomic E-state index is 9.44. The first-order valence-electron chi connectivity index (χ1n) is 9.33. The van der Waals surface area contributed by atoms with Gasteiger partial charge in [0.05, 0.1) is 19.4 Å². The number of ether oxygens (including phenoxy) is 1. The zero-order valence-corrected chi connectivity index (χ0v) is 16.0. The van der Waals surface area contributed by atoms with Gasteiger partial charge in [-0.25, -0.2) is 0 Å². The summed E-state index contributed by atoms with van der Waals surface area (Å²) in [6.07, 6.45) is 2.72. The quantitative estimate of drug-likeness (QED) is 0.578. The van der Waals surface area contributed by atoms with Crippen LogP contribution in [0.2, 0.25) is 0 Å². The van der Waals surface area contributed by atoms with Crippen molar-refractivity contribution in [3.63, 3.8) is 0 Å². The highest BCUT2D eigenvalue weighted by Gasteiger charge is 2.35. The molecular weight excluding hydrogens is 340 g/mol. The summed E-state index contributed by atoms with van der Waals surface area (Å²) in [4.78, 5) is 5.51. The predicted molar refractivity (Wildman–Crippen MR) is 107 cm³/mol. The molecule has 0 amide bonds. The molecule has 5 nitrogen and oxygen atoms in total. The molecule has 0 spiro atoms. The molecule has 1 fully saturated rings. The van der Waals surface area contributed by atoms with Gasteiger partial charge in [0, 0.05) is 11.1 Å². The molecule has 1 saturated carbocycles. The van der Waals surface area contributed by atoms with Gasteiger partial charge >= 0.3 is 0 Å². The minimum Gasteiger partial charge on any atom is -0.496 e. The Morgan fingerprint density at radius 1 is 1.22 bits per heavy atom. The van der Waals surface area contributed by atoms with E-state index in [1.807, 2.05) is 31.2 Å². The summed E-state index contributed by atoms with van der Waals surface area (Å²) in [5.74, 6) is 1.21. The summed E-state index contributed by atoms with van der Waals surface area (Å²) >= 11 is 0. The van der Waals surface area contributed by atoms with Gasteiger partial charge < -0.3 is 20.4 Å². The number of hydrogen-bond donors (Lipinski definition) is 2. The second-order valence-electron chi connectivity index (χ2n) is 7.34. The monoisotopic (exact) mass is 368 g/mol. The molecule has 1 aliphatic rings. The summed E-state index contributed by atoms with van der Waals surface area (Å²) in [6, 6.07) is 16.1. The third-order valence-electron chi connectivity index (χ3n) is 5.37. The molecule has 0 heterocycles. The molecule has 144 valence electrons. The average Bonchev–Trinajstić information content (AvgIpc) is 3.11. The number of rotatable bonds is 7. The second kappa shape index (κ2) is 8.55. The van der Waals surface area contributed by atoms with Crippen LogP contribution in [0.15, 0.2) is 53.7 Å². The third kappa shape index (κ3) is 4.67. The van der Waals surface area contributed by atoms with Gasteiger partial charge in [0.2, 0.25) is 0 Å². The lowest BCUT2D eigenvalue weighted by Crippen LogP contribution is -2.40. The number of hydrogen-bond acceptors (Lipinski definition) is 5. The van der Waals surface area contributed by atoms with Crippen molar-refractivity contribution in [1.29, 1.82) is 0 Å². The first-order chi connectivity index (χ1) is 13.0. The zero-order chi connectivity index (χ0) is 19.3. The molecule has 0 aromatic heterocycles.